The third-order valence-electron chi connectivity index (χ3n) is 7.39. The van der Waals surface area contributed by atoms with Crippen LogP contribution in [0.5, 0.6) is 0 Å². The number of carbonyl (C=O) groups is 2. The molecule has 0 aromatic heterocycles. The molecule has 4 heteroatoms. The third kappa shape index (κ3) is 24.6. The smallest absolute Gasteiger partial charge is 0.305 e. The lowest BCUT2D eigenvalue weighted by Gasteiger charge is -2.20. The Morgan fingerprint density at radius 1 is 0.500 bits per heavy atom. The van der Waals surface area contributed by atoms with Gasteiger partial charge >= 0.3 is 11.9 Å². The van der Waals surface area contributed by atoms with E-state index in [1.165, 1.54) is 96.3 Å². The predicted octanol–water partition coefficient (Wildman–Crippen LogP) is 9.97. The second-order valence-electron chi connectivity index (χ2n) is 11.2. The summed E-state index contributed by atoms with van der Waals surface area (Å²) in [5, 5.41) is 0. The lowest BCUT2D eigenvalue weighted by molar-refractivity contribution is -0.145. The number of unbranched alkanes of at least 4 members (excludes halogenated alkanes) is 15. The van der Waals surface area contributed by atoms with E-state index in [2.05, 4.69) is 27.7 Å². The van der Waals surface area contributed by atoms with Crippen LogP contribution >= 0.6 is 0 Å². The van der Waals surface area contributed by atoms with Crippen LogP contribution < -0.4 is 0 Å². The van der Waals surface area contributed by atoms with Crippen molar-refractivity contribution in [1.82, 2.24) is 0 Å². The lowest BCUT2D eigenvalue weighted by Crippen LogP contribution is -2.13. The van der Waals surface area contributed by atoms with Crippen molar-refractivity contribution in [3.63, 3.8) is 0 Å². The summed E-state index contributed by atoms with van der Waals surface area (Å²) >= 11 is 0. The Labute approximate surface area is 225 Å². The zero-order chi connectivity index (χ0) is 26.7. The number of rotatable bonds is 27. The van der Waals surface area contributed by atoms with Crippen LogP contribution in [0.3, 0.4) is 0 Å². The van der Waals surface area contributed by atoms with Crippen LogP contribution in [0.25, 0.3) is 0 Å². The Morgan fingerprint density at radius 3 is 1.42 bits per heavy atom. The van der Waals surface area contributed by atoms with E-state index in [1.807, 2.05) is 0 Å². The number of hydrogen-bond donors (Lipinski definition) is 0. The van der Waals surface area contributed by atoms with E-state index in [-0.39, 0.29) is 11.9 Å². The summed E-state index contributed by atoms with van der Waals surface area (Å²) in [5.74, 6) is 1.23. The van der Waals surface area contributed by atoms with Gasteiger partial charge in [-0.15, -0.1) is 0 Å². The molecule has 1 atom stereocenters. The quantitative estimate of drug-likeness (QED) is 0.0814. The highest BCUT2D eigenvalue weighted by molar-refractivity contribution is 5.69. The fourth-order valence-electron chi connectivity index (χ4n) is 4.78. The van der Waals surface area contributed by atoms with Crippen LogP contribution in [0.2, 0.25) is 0 Å². The second-order valence-corrected chi connectivity index (χ2v) is 11.2. The number of esters is 2. The van der Waals surface area contributed by atoms with Crippen molar-refractivity contribution < 1.29 is 19.1 Å². The first-order valence-corrected chi connectivity index (χ1v) is 15.8. The summed E-state index contributed by atoms with van der Waals surface area (Å²) in [4.78, 5) is 23.8. The molecule has 0 saturated heterocycles. The molecule has 0 radical (unpaired) electrons. The SMILES string of the molecule is CCCCCCCOC(=O)CCCCCCCCCCC(CCC(=O)OCCCCCCC)C(C)C. The zero-order valence-corrected chi connectivity index (χ0v) is 24.8. The first-order chi connectivity index (χ1) is 17.5. The molecule has 214 valence electrons. The van der Waals surface area contributed by atoms with Crippen LogP contribution in [0.4, 0.5) is 0 Å². The number of hydrogen-bond acceptors (Lipinski definition) is 4. The first-order valence-electron chi connectivity index (χ1n) is 15.8. The molecule has 0 amide bonds. The van der Waals surface area contributed by atoms with Crippen molar-refractivity contribution in [2.24, 2.45) is 11.8 Å². The highest BCUT2D eigenvalue weighted by Gasteiger charge is 2.15. The van der Waals surface area contributed by atoms with E-state index < -0.39 is 0 Å². The minimum absolute atomic E-state index is 0.00758. The van der Waals surface area contributed by atoms with Gasteiger partial charge in [-0.25, -0.2) is 0 Å². The van der Waals surface area contributed by atoms with E-state index in [4.69, 9.17) is 9.47 Å². The molecule has 0 aliphatic rings. The normalized spacial score (nSPS) is 12.1. The Hall–Kier alpha value is -1.06. The van der Waals surface area contributed by atoms with Gasteiger partial charge in [0, 0.05) is 12.8 Å². The van der Waals surface area contributed by atoms with Crippen molar-refractivity contribution in [3.05, 3.63) is 0 Å². The summed E-state index contributed by atoms with van der Waals surface area (Å²) in [5.41, 5.74) is 0. The molecule has 0 aromatic rings. The molecular weight excluding hydrogens is 448 g/mol. The maximum absolute atomic E-state index is 12.1. The van der Waals surface area contributed by atoms with Crippen LogP contribution in [0, 0.1) is 11.8 Å². The fourth-order valence-corrected chi connectivity index (χ4v) is 4.78. The number of carbonyl (C=O) groups excluding carboxylic acids is 2. The fraction of sp³-hybridized carbons (Fsp3) is 0.938. The molecule has 0 aromatic carbocycles. The maximum Gasteiger partial charge on any atom is 0.305 e. The predicted molar refractivity (Wildman–Crippen MR) is 153 cm³/mol. The summed E-state index contributed by atoms with van der Waals surface area (Å²) in [7, 11) is 0. The minimum Gasteiger partial charge on any atom is -0.466 e. The average molecular weight is 511 g/mol. The van der Waals surface area contributed by atoms with E-state index in [1.54, 1.807) is 0 Å². The summed E-state index contributed by atoms with van der Waals surface area (Å²) < 4.78 is 10.8. The van der Waals surface area contributed by atoms with E-state index >= 15 is 0 Å². The summed E-state index contributed by atoms with van der Waals surface area (Å²) in [6.07, 6.45) is 25.0. The molecular formula is C32H62O4. The second kappa shape index (κ2) is 27.0. The van der Waals surface area contributed by atoms with Crippen LogP contribution in [-0.4, -0.2) is 25.2 Å². The lowest BCUT2D eigenvalue weighted by atomic mass is 9.86. The molecule has 0 saturated carbocycles. The monoisotopic (exact) mass is 510 g/mol. The molecule has 4 nitrogen and oxygen atoms in total. The van der Waals surface area contributed by atoms with Crippen LogP contribution in [0.15, 0.2) is 0 Å². The molecule has 0 aliphatic carbocycles. The minimum atomic E-state index is -0.0131. The molecule has 0 aliphatic heterocycles. The molecule has 0 heterocycles. The van der Waals surface area contributed by atoms with Crippen molar-refractivity contribution >= 4 is 11.9 Å². The Bertz CT molecular complexity index is 489. The Kier molecular flexibility index (Phi) is 26.2. The van der Waals surface area contributed by atoms with Gasteiger partial charge in [-0.3, -0.25) is 9.59 Å². The largest absolute Gasteiger partial charge is 0.466 e. The molecule has 36 heavy (non-hydrogen) atoms. The van der Waals surface area contributed by atoms with Gasteiger partial charge in [0.2, 0.25) is 0 Å². The Morgan fingerprint density at radius 2 is 0.917 bits per heavy atom. The van der Waals surface area contributed by atoms with Crippen molar-refractivity contribution in [2.45, 2.75) is 169 Å². The van der Waals surface area contributed by atoms with Crippen molar-refractivity contribution in [3.8, 4) is 0 Å². The van der Waals surface area contributed by atoms with Gasteiger partial charge in [-0.1, -0.05) is 130 Å². The van der Waals surface area contributed by atoms with Gasteiger partial charge in [-0.05, 0) is 37.5 Å². The van der Waals surface area contributed by atoms with Gasteiger partial charge < -0.3 is 9.47 Å². The topological polar surface area (TPSA) is 52.6 Å². The molecule has 1 unspecified atom stereocenters. The molecule has 0 rings (SSSR count). The van der Waals surface area contributed by atoms with Gasteiger partial charge in [-0.2, -0.15) is 0 Å². The highest BCUT2D eigenvalue weighted by atomic mass is 16.5. The van der Waals surface area contributed by atoms with Crippen LogP contribution in [-0.2, 0) is 19.1 Å². The average Bonchev–Trinajstić information content (AvgIpc) is 2.86. The zero-order valence-electron chi connectivity index (χ0n) is 24.8. The van der Waals surface area contributed by atoms with Gasteiger partial charge in [0.1, 0.15) is 0 Å². The maximum atomic E-state index is 12.1. The van der Waals surface area contributed by atoms with E-state index in [9.17, 15) is 9.59 Å². The van der Waals surface area contributed by atoms with Crippen LogP contribution in [0.1, 0.15) is 169 Å². The van der Waals surface area contributed by atoms with Crippen molar-refractivity contribution in [2.75, 3.05) is 13.2 Å². The summed E-state index contributed by atoms with van der Waals surface area (Å²) in [6.45, 7) is 10.2. The standard InChI is InChI=1S/C32H62O4/c1-5-7-9-17-21-27-35-31(33)24-20-16-14-12-11-13-15-19-23-30(29(3)4)25-26-32(34)36-28-22-18-10-8-6-2/h29-30H,5-28H2,1-4H3. The van der Waals surface area contributed by atoms with Gasteiger partial charge in [0.05, 0.1) is 13.2 Å². The van der Waals surface area contributed by atoms with E-state index in [0.717, 1.165) is 32.1 Å². The molecule has 0 fully saturated rings. The van der Waals surface area contributed by atoms with E-state index in [0.29, 0.717) is 37.9 Å². The Balaban J connectivity index is 3.58. The van der Waals surface area contributed by atoms with Gasteiger partial charge in [0.15, 0.2) is 0 Å². The van der Waals surface area contributed by atoms with Gasteiger partial charge in [0.25, 0.3) is 0 Å². The number of ether oxygens (including phenoxy) is 2. The third-order valence-corrected chi connectivity index (χ3v) is 7.39. The first kappa shape index (κ1) is 34.9. The molecule has 0 spiro atoms. The molecule has 0 bridgehead atoms. The summed E-state index contributed by atoms with van der Waals surface area (Å²) in [6, 6.07) is 0. The van der Waals surface area contributed by atoms with Crippen molar-refractivity contribution in [1.29, 1.82) is 0 Å². The molecule has 0 N–H and O–H groups in total. The highest BCUT2D eigenvalue weighted by Crippen LogP contribution is 2.24.